The molecule has 1 atom stereocenters. The highest BCUT2D eigenvalue weighted by Gasteiger charge is 2.17. The summed E-state index contributed by atoms with van der Waals surface area (Å²) in [5.74, 6) is -0.358. The summed E-state index contributed by atoms with van der Waals surface area (Å²) in [4.78, 5) is 22.1. The number of hydrogen-bond donors (Lipinski definition) is 1. The number of hydrogen-bond acceptors (Lipinski definition) is 3. The maximum absolute atomic E-state index is 11.5. The van der Waals surface area contributed by atoms with Gasteiger partial charge in [0.1, 0.15) is 6.10 Å². The highest BCUT2D eigenvalue weighted by molar-refractivity contribution is 5.89. The quantitative estimate of drug-likeness (QED) is 0.710. The second kappa shape index (κ2) is 5.53. The average molecular weight is 211 g/mol. The van der Waals surface area contributed by atoms with Crippen LogP contribution >= 0.6 is 0 Å². The van der Waals surface area contributed by atoms with Crippen LogP contribution in [0.4, 0.5) is 0 Å². The largest absolute Gasteiger partial charge is 0.457 e. The molecule has 0 saturated carbocycles. The van der Waals surface area contributed by atoms with Crippen LogP contribution in [-0.2, 0) is 14.3 Å². The van der Waals surface area contributed by atoms with E-state index < -0.39 is 0 Å². The van der Waals surface area contributed by atoms with Crippen LogP contribution in [0.3, 0.4) is 0 Å². The molecule has 0 bridgehead atoms. The van der Waals surface area contributed by atoms with Gasteiger partial charge < -0.3 is 10.1 Å². The van der Waals surface area contributed by atoms with E-state index in [1.54, 1.807) is 6.92 Å². The molecule has 1 amide bonds. The molecule has 4 nitrogen and oxygen atoms in total. The van der Waals surface area contributed by atoms with Crippen LogP contribution in [0.2, 0.25) is 0 Å². The molecule has 0 aromatic rings. The van der Waals surface area contributed by atoms with E-state index in [9.17, 15) is 9.59 Å². The van der Waals surface area contributed by atoms with Crippen LogP contribution in [0, 0.1) is 0 Å². The molecule has 15 heavy (non-hydrogen) atoms. The first kappa shape index (κ1) is 11.8. The first-order valence-electron chi connectivity index (χ1n) is 5.24. The second-order valence-corrected chi connectivity index (χ2v) is 3.77. The predicted octanol–water partition coefficient (Wildman–Crippen LogP) is 1.16. The van der Waals surface area contributed by atoms with Gasteiger partial charge in [0.25, 0.3) is 0 Å². The van der Waals surface area contributed by atoms with Gasteiger partial charge in [0, 0.05) is 12.5 Å². The molecule has 84 valence electrons. The Morgan fingerprint density at radius 2 is 2.33 bits per heavy atom. The Balaban J connectivity index is 2.27. The van der Waals surface area contributed by atoms with E-state index in [0.717, 1.165) is 24.8 Å². The second-order valence-electron chi connectivity index (χ2n) is 3.77. The van der Waals surface area contributed by atoms with E-state index >= 15 is 0 Å². The van der Waals surface area contributed by atoms with Gasteiger partial charge in [0.05, 0.1) is 6.54 Å². The Bertz CT molecular complexity index is 284. The third-order valence-corrected chi connectivity index (χ3v) is 2.25. The molecule has 4 heteroatoms. The van der Waals surface area contributed by atoms with E-state index in [0.29, 0.717) is 6.54 Å². The molecule has 1 aliphatic rings. The highest BCUT2D eigenvalue weighted by Crippen LogP contribution is 2.18. The molecule has 0 radical (unpaired) electrons. The summed E-state index contributed by atoms with van der Waals surface area (Å²) >= 11 is 0. The number of allylic oxidation sites excluding steroid dienone is 1. The molecule has 0 heterocycles. The van der Waals surface area contributed by atoms with Gasteiger partial charge in [-0.1, -0.05) is 6.08 Å². The Labute approximate surface area is 89.7 Å². The molecule has 0 aromatic carbocycles. The lowest BCUT2D eigenvalue weighted by molar-refractivity contribution is -0.144. The van der Waals surface area contributed by atoms with Crippen molar-refractivity contribution in [1.29, 1.82) is 0 Å². The predicted molar refractivity (Wildman–Crippen MR) is 56.2 cm³/mol. The fourth-order valence-electron chi connectivity index (χ4n) is 1.44. The van der Waals surface area contributed by atoms with Crippen molar-refractivity contribution < 1.29 is 14.3 Å². The van der Waals surface area contributed by atoms with Crippen LogP contribution in [0.1, 0.15) is 33.1 Å². The van der Waals surface area contributed by atoms with Crippen molar-refractivity contribution >= 4 is 11.9 Å². The SMILES string of the molecule is CC(=O)NCC(C)OC(=O)C1=CCCC1. The maximum atomic E-state index is 11.5. The fourth-order valence-corrected chi connectivity index (χ4v) is 1.44. The number of esters is 1. The third-order valence-electron chi connectivity index (χ3n) is 2.25. The van der Waals surface area contributed by atoms with E-state index in [4.69, 9.17) is 4.74 Å². The van der Waals surface area contributed by atoms with Gasteiger partial charge in [0.2, 0.25) is 5.91 Å². The lowest BCUT2D eigenvalue weighted by atomic mass is 10.2. The summed E-state index contributed by atoms with van der Waals surface area (Å²) in [6.45, 7) is 3.58. The molecule has 1 aliphatic carbocycles. The monoisotopic (exact) mass is 211 g/mol. The van der Waals surface area contributed by atoms with E-state index in [2.05, 4.69) is 5.32 Å². The van der Waals surface area contributed by atoms with Crippen molar-refractivity contribution in [2.24, 2.45) is 0 Å². The van der Waals surface area contributed by atoms with Gasteiger partial charge in [-0.15, -0.1) is 0 Å². The maximum Gasteiger partial charge on any atom is 0.334 e. The minimum Gasteiger partial charge on any atom is -0.457 e. The van der Waals surface area contributed by atoms with Gasteiger partial charge in [-0.25, -0.2) is 4.79 Å². The van der Waals surface area contributed by atoms with Crippen molar-refractivity contribution in [2.45, 2.75) is 39.2 Å². The van der Waals surface area contributed by atoms with E-state index in [-0.39, 0.29) is 18.0 Å². The fraction of sp³-hybridized carbons (Fsp3) is 0.636. The van der Waals surface area contributed by atoms with Crippen LogP contribution in [0.25, 0.3) is 0 Å². The van der Waals surface area contributed by atoms with Crippen LogP contribution in [0.5, 0.6) is 0 Å². The number of nitrogens with one attached hydrogen (secondary N) is 1. The Morgan fingerprint density at radius 1 is 1.60 bits per heavy atom. The van der Waals surface area contributed by atoms with E-state index in [1.807, 2.05) is 6.08 Å². The standard InChI is InChI=1S/C11H17NO3/c1-8(7-12-9(2)13)15-11(14)10-5-3-4-6-10/h5,8H,3-4,6-7H2,1-2H3,(H,12,13). The van der Waals surface area contributed by atoms with Crippen LogP contribution in [0.15, 0.2) is 11.6 Å². The van der Waals surface area contributed by atoms with Gasteiger partial charge in [-0.05, 0) is 26.2 Å². The lowest BCUT2D eigenvalue weighted by Crippen LogP contribution is -2.31. The Hall–Kier alpha value is -1.32. The van der Waals surface area contributed by atoms with Gasteiger partial charge in [-0.3, -0.25) is 4.79 Å². The molecule has 0 aromatic heterocycles. The van der Waals surface area contributed by atoms with Crippen LogP contribution in [-0.4, -0.2) is 24.5 Å². The number of carbonyl (C=O) groups is 2. The molecular formula is C11H17NO3. The molecule has 1 rings (SSSR count). The molecule has 0 spiro atoms. The van der Waals surface area contributed by atoms with Crippen molar-refractivity contribution in [3.05, 3.63) is 11.6 Å². The zero-order valence-corrected chi connectivity index (χ0v) is 9.21. The Morgan fingerprint density at radius 3 is 2.87 bits per heavy atom. The first-order chi connectivity index (χ1) is 7.09. The normalized spacial score (nSPS) is 16.8. The van der Waals surface area contributed by atoms with Crippen molar-refractivity contribution in [1.82, 2.24) is 5.32 Å². The van der Waals surface area contributed by atoms with Gasteiger partial charge >= 0.3 is 5.97 Å². The van der Waals surface area contributed by atoms with Gasteiger partial charge in [-0.2, -0.15) is 0 Å². The molecule has 1 unspecified atom stereocenters. The van der Waals surface area contributed by atoms with Gasteiger partial charge in [0.15, 0.2) is 0 Å². The first-order valence-corrected chi connectivity index (χ1v) is 5.24. The summed E-state index contributed by atoms with van der Waals surface area (Å²) in [6, 6.07) is 0. The molecule has 0 fully saturated rings. The van der Waals surface area contributed by atoms with E-state index in [1.165, 1.54) is 6.92 Å². The minimum atomic E-state index is -0.275. The zero-order valence-electron chi connectivity index (χ0n) is 9.21. The zero-order chi connectivity index (χ0) is 11.3. The summed E-state index contributed by atoms with van der Waals surface area (Å²) in [5, 5.41) is 2.61. The summed E-state index contributed by atoms with van der Waals surface area (Å²) in [7, 11) is 0. The molecular weight excluding hydrogens is 194 g/mol. The third kappa shape index (κ3) is 4.14. The van der Waals surface area contributed by atoms with Crippen LogP contribution < -0.4 is 5.32 Å². The summed E-state index contributed by atoms with van der Waals surface area (Å²) in [5.41, 5.74) is 0.768. The number of carbonyl (C=O) groups excluding carboxylic acids is 2. The Kier molecular flexibility index (Phi) is 4.34. The minimum absolute atomic E-state index is 0.113. The average Bonchev–Trinajstić information content (AvgIpc) is 2.67. The molecule has 0 aliphatic heterocycles. The highest BCUT2D eigenvalue weighted by atomic mass is 16.5. The summed E-state index contributed by atoms with van der Waals surface area (Å²) < 4.78 is 5.16. The number of ether oxygens (including phenoxy) is 1. The number of rotatable bonds is 4. The van der Waals surface area contributed by atoms with Crippen molar-refractivity contribution in [3.8, 4) is 0 Å². The molecule has 0 saturated heterocycles. The molecule has 1 N–H and O–H groups in total. The lowest BCUT2D eigenvalue weighted by Gasteiger charge is -2.13. The smallest absolute Gasteiger partial charge is 0.334 e. The topological polar surface area (TPSA) is 55.4 Å². The number of amides is 1. The van der Waals surface area contributed by atoms with Crippen molar-refractivity contribution in [3.63, 3.8) is 0 Å². The summed E-state index contributed by atoms with van der Waals surface area (Å²) in [6.07, 6.45) is 4.46. The van der Waals surface area contributed by atoms with Crippen molar-refractivity contribution in [2.75, 3.05) is 6.54 Å².